The summed E-state index contributed by atoms with van der Waals surface area (Å²) in [6, 6.07) is 0. The number of carbonyl (C=O) groups is 1. The van der Waals surface area contributed by atoms with Gasteiger partial charge in [-0.25, -0.2) is 0 Å². The van der Waals surface area contributed by atoms with Gasteiger partial charge in [-0.2, -0.15) is 0 Å². The van der Waals surface area contributed by atoms with Crippen molar-refractivity contribution in [1.29, 1.82) is 0 Å². The third kappa shape index (κ3) is 9.16. The predicted octanol–water partition coefficient (Wildman–Crippen LogP) is 3.27. The fourth-order valence-corrected chi connectivity index (χ4v) is 1.85. The summed E-state index contributed by atoms with van der Waals surface area (Å²) in [7, 11) is 0. The first kappa shape index (κ1) is 16.4. The highest BCUT2D eigenvalue weighted by atomic mass is 16.5. The molecule has 0 aliphatic rings. The van der Waals surface area contributed by atoms with E-state index in [-0.39, 0.29) is 11.9 Å². The molecule has 0 aliphatic carbocycles. The molecule has 0 bridgehead atoms. The quantitative estimate of drug-likeness (QED) is 0.447. The molecular weight excluding hydrogens is 214 g/mol. The molecule has 1 atom stereocenters. The minimum atomic E-state index is -0.108. The molecule has 0 rings (SSSR count). The van der Waals surface area contributed by atoms with Crippen LogP contribution in [-0.2, 0) is 9.53 Å². The van der Waals surface area contributed by atoms with Crippen LogP contribution in [0.25, 0.3) is 0 Å². The maximum atomic E-state index is 11.6. The molecule has 0 aromatic rings. The average Bonchev–Trinajstić information content (AvgIpc) is 2.34. The Balaban J connectivity index is 3.43. The van der Waals surface area contributed by atoms with Crippen LogP contribution >= 0.6 is 0 Å². The van der Waals surface area contributed by atoms with Gasteiger partial charge in [0.1, 0.15) is 0 Å². The largest absolute Gasteiger partial charge is 0.465 e. The van der Waals surface area contributed by atoms with Crippen molar-refractivity contribution < 1.29 is 9.53 Å². The van der Waals surface area contributed by atoms with E-state index >= 15 is 0 Å². The van der Waals surface area contributed by atoms with Gasteiger partial charge in [0, 0.05) is 6.54 Å². The second kappa shape index (κ2) is 11.9. The first-order valence-corrected chi connectivity index (χ1v) is 7.12. The summed E-state index contributed by atoms with van der Waals surface area (Å²) in [5, 5.41) is 0. The fraction of sp³-hybridized carbons (Fsp3) is 0.929. The molecule has 17 heavy (non-hydrogen) atoms. The van der Waals surface area contributed by atoms with Crippen LogP contribution in [0.5, 0.6) is 0 Å². The zero-order valence-corrected chi connectivity index (χ0v) is 11.5. The van der Waals surface area contributed by atoms with Crippen molar-refractivity contribution >= 4 is 5.97 Å². The summed E-state index contributed by atoms with van der Waals surface area (Å²) >= 11 is 0. The predicted molar refractivity (Wildman–Crippen MR) is 71.8 cm³/mol. The minimum Gasteiger partial charge on any atom is -0.465 e. The fourth-order valence-electron chi connectivity index (χ4n) is 1.85. The maximum Gasteiger partial charge on any atom is 0.310 e. The van der Waals surface area contributed by atoms with E-state index in [9.17, 15) is 4.79 Å². The standard InChI is InChI=1S/C14H29NO2/c1-3-5-6-7-8-9-11-17-14(16)13(12-15)10-4-2/h13H,3-12,15H2,1-2H3. The monoisotopic (exact) mass is 243 g/mol. The van der Waals surface area contributed by atoms with Crippen LogP contribution in [0.4, 0.5) is 0 Å². The SMILES string of the molecule is CCCCCCCCOC(=O)C(CN)CCC. The van der Waals surface area contributed by atoms with Crippen LogP contribution in [0.3, 0.4) is 0 Å². The Morgan fingerprint density at radius 1 is 1.06 bits per heavy atom. The highest BCUT2D eigenvalue weighted by Crippen LogP contribution is 2.09. The lowest BCUT2D eigenvalue weighted by molar-refractivity contribution is -0.148. The molecule has 0 heterocycles. The molecular formula is C14H29NO2. The van der Waals surface area contributed by atoms with E-state index in [1.54, 1.807) is 0 Å². The van der Waals surface area contributed by atoms with E-state index in [1.165, 1.54) is 25.7 Å². The van der Waals surface area contributed by atoms with Crippen LogP contribution in [0.2, 0.25) is 0 Å². The molecule has 0 saturated carbocycles. The lowest BCUT2D eigenvalue weighted by atomic mass is 10.0. The van der Waals surface area contributed by atoms with Crippen molar-refractivity contribution in [2.75, 3.05) is 13.2 Å². The third-order valence-electron chi connectivity index (χ3n) is 3.00. The molecule has 3 heteroatoms. The number of esters is 1. The van der Waals surface area contributed by atoms with Gasteiger partial charge in [-0.15, -0.1) is 0 Å². The Labute approximate surface area is 106 Å². The van der Waals surface area contributed by atoms with Crippen molar-refractivity contribution in [3.05, 3.63) is 0 Å². The number of hydrogen-bond donors (Lipinski definition) is 1. The molecule has 0 aliphatic heterocycles. The van der Waals surface area contributed by atoms with Crippen molar-refractivity contribution in [3.63, 3.8) is 0 Å². The zero-order chi connectivity index (χ0) is 12.9. The second-order valence-electron chi connectivity index (χ2n) is 4.66. The number of carbonyl (C=O) groups excluding carboxylic acids is 1. The maximum absolute atomic E-state index is 11.6. The number of ether oxygens (including phenoxy) is 1. The van der Waals surface area contributed by atoms with Crippen LogP contribution in [0.1, 0.15) is 65.2 Å². The summed E-state index contributed by atoms with van der Waals surface area (Å²) in [5.74, 6) is -0.206. The van der Waals surface area contributed by atoms with Gasteiger partial charge in [0.2, 0.25) is 0 Å². The molecule has 0 radical (unpaired) electrons. The highest BCUT2D eigenvalue weighted by Gasteiger charge is 2.16. The van der Waals surface area contributed by atoms with Gasteiger partial charge < -0.3 is 10.5 Å². The van der Waals surface area contributed by atoms with Crippen molar-refractivity contribution in [2.45, 2.75) is 65.2 Å². The van der Waals surface area contributed by atoms with Gasteiger partial charge in [0.25, 0.3) is 0 Å². The molecule has 0 saturated heterocycles. The van der Waals surface area contributed by atoms with E-state index in [2.05, 4.69) is 13.8 Å². The van der Waals surface area contributed by atoms with E-state index in [4.69, 9.17) is 10.5 Å². The van der Waals surface area contributed by atoms with E-state index in [0.717, 1.165) is 25.7 Å². The highest BCUT2D eigenvalue weighted by molar-refractivity contribution is 5.72. The first-order chi connectivity index (χ1) is 8.26. The van der Waals surface area contributed by atoms with Gasteiger partial charge in [0.05, 0.1) is 12.5 Å². The number of rotatable bonds is 11. The molecule has 0 spiro atoms. The molecule has 102 valence electrons. The van der Waals surface area contributed by atoms with Gasteiger partial charge in [-0.1, -0.05) is 52.4 Å². The Morgan fingerprint density at radius 2 is 1.71 bits per heavy atom. The Bertz CT molecular complexity index is 183. The normalized spacial score (nSPS) is 12.4. The summed E-state index contributed by atoms with van der Waals surface area (Å²) in [4.78, 5) is 11.6. The van der Waals surface area contributed by atoms with Crippen molar-refractivity contribution in [3.8, 4) is 0 Å². The lowest BCUT2D eigenvalue weighted by Gasteiger charge is -2.12. The topological polar surface area (TPSA) is 52.3 Å². The third-order valence-corrected chi connectivity index (χ3v) is 3.00. The average molecular weight is 243 g/mol. The van der Waals surface area contributed by atoms with Crippen LogP contribution in [0, 0.1) is 5.92 Å². The van der Waals surface area contributed by atoms with Crippen LogP contribution in [-0.4, -0.2) is 19.1 Å². The van der Waals surface area contributed by atoms with Crippen molar-refractivity contribution in [1.82, 2.24) is 0 Å². The molecule has 2 N–H and O–H groups in total. The molecule has 0 aromatic heterocycles. The van der Waals surface area contributed by atoms with Crippen LogP contribution in [0.15, 0.2) is 0 Å². The van der Waals surface area contributed by atoms with E-state index < -0.39 is 0 Å². The minimum absolute atomic E-state index is 0.0971. The second-order valence-corrected chi connectivity index (χ2v) is 4.66. The van der Waals surface area contributed by atoms with Gasteiger partial charge in [-0.3, -0.25) is 4.79 Å². The summed E-state index contributed by atoms with van der Waals surface area (Å²) in [5.41, 5.74) is 5.54. The Hall–Kier alpha value is -0.570. The van der Waals surface area contributed by atoms with Crippen molar-refractivity contribution in [2.24, 2.45) is 11.7 Å². The molecule has 0 fully saturated rings. The summed E-state index contributed by atoms with van der Waals surface area (Å²) in [6.45, 7) is 5.24. The van der Waals surface area contributed by atoms with Gasteiger partial charge in [0.15, 0.2) is 0 Å². The molecule has 1 unspecified atom stereocenters. The summed E-state index contributed by atoms with van der Waals surface area (Å²) in [6.07, 6.45) is 9.09. The summed E-state index contributed by atoms with van der Waals surface area (Å²) < 4.78 is 5.24. The molecule has 3 nitrogen and oxygen atoms in total. The number of nitrogens with two attached hydrogens (primary N) is 1. The Morgan fingerprint density at radius 3 is 2.29 bits per heavy atom. The zero-order valence-electron chi connectivity index (χ0n) is 11.5. The molecule has 0 aromatic carbocycles. The van der Waals surface area contributed by atoms with Gasteiger partial charge >= 0.3 is 5.97 Å². The lowest BCUT2D eigenvalue weighted by Crippen LogP contribution is -2.25. The molecule has 0 amide bonds. The Kier molecular flexibility index (Phi) is 11.5. The van der Waals surface area contributed by atoms with Crippen LogP contribution < -0.4 is 5.73 Å². The van der Waals surface area contributed by atoms with E-state index in [0.29, 0.717) is 13.2 Å². The first-order valence-electron chi connectivity index (χ1n) is 7.12. The van der Waals surface area contributed by atoms with E-state index in [1.807, 2.05) is 0 Å². The number of unbranched alkanes of at least 4 members (excludes halogenated alkanes) is 5. The number of hydrogen-bond acceptors (Lipinski definition) is 3. The smallest absolute Gasteiger partial charge is 0.310 e. The van der Waals surface area contributed by atoms with Gasteiger partial charge in [-0.05, 0) is 12.8 Å².